The summed E-state index contributed by atoms with van der Waals surface area (Å²) in [6, 6.07) is 8.50. The SMILES string of the molecule is Cc1cc(Cl)ccc1NC(=O)c1ccc(C#CCO)cn1. The zero-order chi connectivity index (χ0) is 15.2. The molecule has 1 aromatic heterocycles. The maximum atomic E-state index is 12.1. The maximum Gasteiger partial charge on any atom is 0.274 e. The predicted octanol–water partition coefficient (Wildman–Crippen LogP) is 2.64. The quantitative estimate of drug-likeness (QED) is 0.838. The van der Waals surface area contributed by atoms with E-state index in [0.29, 0.717) is 22.0 Å². The highest BCUT2D eigenvalue weighted by atomic mass is 35.5. The Balaban J connectivity index is 2.13. The molecule has 0 unspecified atom stereocenters. The molecule has 0 bridgehead atoms. The van der Waals surface area contributed by atoms with Crippen LogP contribution in [0.2, 0.25) is 5.02 Å². The molecule has 2 aromatic rings. The number of hydrogen-bond donors (Lipinski definition) is 2. The van der Waals surface area contributed by atoms with Crippen molar-refractivity contribution < 1.29 is 9.90 Å². The van der Waals surface area contributed by atoms with Crippen LogP contribution < -0.4 is 5.32 Å². The molecule has 2 N–H and O–H groups in total. The molecule has 2 rings (SSSR count). The number of nitrogens with one attached hydrogen (secondary N) is 1. The van der Waals surface area contributed by atoms with E-state index in [2.05, 4.69) is 22.1 Å². The minimum Gasteiger partial charge on any atom is -0.384 e. The maximum absolute atomic E-state index is 12.1. The van der Waals surface area contributed by atoms with Crippen LogP contribution in [0.1, 0.15) is 21.6 Å². The van der Waals surface area contributed by atoms with Gasteiger partial charge in [-0.05, 0) is 42.8 Å². The van der Waals surface area contributed by atoms with E-state index in [1.54, 1.807) is 30.3 Å². The van der Waals surface area contributed by atoms with Crippen LogP contribution in [0.3, 0.4) is 0 Å². The van der Waals surface area contributed by atoms with Gasteiger partial charge in [0.2, 0.25) is 0 Å². The van der Waals surface area contributed by atoms with Crippen LogP contribution in [0, 0.1) is 18.8 Å². The van der Waals surface area contributed by atoms with E-state index >= 15 is 0 Å². The fourth-order valence-corrected chi connectivity index (χ4v) is 1.92. The van der Waals surface area contributed by atoms with Gasteiger partial charge in [0, 0.05) is 22.5 Å². The van der Waals surface area contributed by atoms with Crippen molar-refractivity contribution in [1.29, 1.82) is 0 Å². The number of benzene rings is 1. The molecule has 106 valence electrons. The second-order valence-corrected chi connectivity index (χ2v) is 4.74. The van der Waals surface area contributed by atoms with E-state index < -0.39 is 0 Å². The third-order valence-corrected chi connectivity index (χ3v) is 2.98. The molecular weight excluding hydrogens is 288 g/mol. The van der Waals surface area contributed by atoms with E-state index in [1.165, 1.54) is 6.20 Å². The fourth-order valence-electron chi connectivity index (χ4n) is 1.70. The van der Waals surface area contributed by atoms with Crippen LogP contribution in [0.25, 0.3) is 0 Å². The Hall–Kier alpha value is -2.35. The summed E-state index contributed by atoms with van der Waals surface area (Å²) in [4.78, 5) is 16.1. The van der Waals surface area contributed by atoms with Crippen molar-refractivity contribution in [3.63, 3.8) is 0 Å². The Bertz CT molecular complexity index is 715. The number of anilines is 1. The number of amides is 1. The first-order valence-corrected chi connectivity index (χ1v) is 6.61. The van der Waals surface area contributed by atoms with Crippen LogP contribution in [0.15, 0.2) is 36.5 Å². The summed E-state index contributed by atoms with van der Waals surface area (Å²) in [7, 11) is 0. The number of nitrogens with zero attached hydrogens (tertiary/aromatic N) is 1. The lowest BCUT2D eigenvalue weighted by Crippen LogP contribution is -2.14. The number of pyridine rings is 1. The third-order valence-electron chi connectivity index (χ3n) is 2.74. The molecule has 0 aliphatic heterocycles. The lowest BCUT2D eigenvalue weighted by atomic mass is 10.2. The van der Waals surface area contributed by atoms with Gasteiger partial charge in [0.25, 0.3) is 5.91 Å². The Kier molecular flexibility index (Phi) is 4.94. The van der Waals surface area contributed by atoms with Crippen molar-refractivity contribution in [2.45, 2.75) is 6.92 Å². The van der Waals surface area contributed by atoms with E-state index in [9.17, 15) is 4.79 Å². The van der Waals surface area contributed by atoms with Crippen molar-refractivity contribution in [2.24, 2.45) is 0 Å². The van der Waals surface area contributed by atoms with E-state index in [4.69, 9.17) is 16.7 Å². The highest BCUT2D eigenvalue weighted by Gasteiger charge is 2.09. The van der Waals surface area contributed by atoms with Gasteiger partial charge in [-0.15, -0.1) is 0 Å². The molecule has 0 fully saturated rings. The second kappa shape index (κ2) is 6.89. The van der Waals surface area contributed by atoms with Gasteiger partial charge in [0.15, 0.2) is 0 Å². The van der Waals surface area contributed by atoms with Crippen LogP contribution in [-0.4, -0.2) is 22.6 Å². The van der Waals surface area contributed by atoms with Gasteiger partial charge in [-0.2, -0.15) is 0 Å². The standard InChI is InChI=1S/C16H13ClN2O2/c1-11-9-13(17)5-7-14(11)19-16(21)15-6-4-12(10-18-15)3-2-8-20/h4-7,9-10,20H,8H2,1H3,(H,19,21). The second-order valence-electron chi connectivity index (χ2n) is 4.31. The van der Waals surface area contributed by atoms with Crippen LogP contribution in [0.5, 0.6) is 0 Å². The minimum absolute atomic E-state index is 0.210. The first-order valence-electron chi connectivity index (χ1n) is 6.23. The van der Waals surface area contributed by atoms with Crippen LogP contribution in [0.4, 0.5) is 5.69 Å². The number of aromatic nitrogens is 1. The monoisotopic (exact) mass is 300 g/mol. The predicted molar refractivity (Wildman–Crippen MR) is 82.3 cm³/mol. The van der Waals surface area contributed by atoms with E-state index in [0.717, 1.165) is 5.56 Å². The van der Waals surface area contributed by atoms with Crippen LogP contribution in [-0.2, 0) is 0 Å². The van der Waals surface area contributed by atoms with Crippen molar-refractivity contribution in [3.8, 4) is 11.8 Å². The molecule has 0 spiro atoms. The smallest absolute Gasteiger partial charge is 0.274 e. The highest BCUT2D eigenvalue weighted by Crippen LogP contribution is 2.20. The Morgan fingerprint density at radius 3 is 2.81 bits per heavy atom. The largest absolute Gasteiger partial charge is 0.384 e. The van der Waals surface area contributed by atoms with Gasteiger partial charge in [-0.25, -0.2) is 4.98 Å². The Labute approximate surface area is 127 Å². The number of carbonyl (C=O) groups excluding carboxylic acids is 1. The summed E-state index contributed by atoms with van der Waals surface area (Å²) in [6.45, 7) is 1.65. The Morgan fingerprint density at radius 1 is 1.38 bits per heavy atom. The molecule has 1 aromatic carbocycles. The average Bonchev–Trinajstić information content (AvgIpc) is 2.48. The minimum atomic E-state index is -0.304. The van der Waals surface area contributed by atoms with Crippen LogP contribution >= 0.6 is 11.6 Å². The molecule has 0 radical (unpaired) electrons. The summed E-state index contributed by atoms with van der Waals surface area (Å²) >= 11 is 5.87. The van der Waals surface area contributed by atoms with Crippen molar-refractivity contribution in [3.05, 3.63) is 58.4 Å². The van der Waals surface area contributed by atoms with Gasteiger partial charge >= 0.3 is 0 Å². The molecule has 5 heteroatoms. The van der Waals surface area contributed by atoms with Gasteiger partial charge in [-0.1, -0.05) is 23.4 Å². The normalized spacial score (nSPS) is 9.67. The zero-order valence-corrected chi connectivity index (χ0v) is 12.1. The number of aliphatic hydroxyl groups excluding tert-OH is 1. The molecule has 21 heavy (non-hydrogen) atoms. The van der Waals surface area contributed by atoms with E-state index in [-0.39, 0.29) is 12.5 Å². The summed E-state index contributed by atoms with van der Waals surface area (Å²) in [5, 5.41) is 12.0. The summed E-state index contributed by atoms with van der Waals surface area (Å²) in [6.07, 6.45) is 1.49. The number of aliphatic hydroxyl groups is 1. The number of hydrogen-bond acceptors (Lipinski definition) is 3. The molecule has 0 atom stereocenters. The van der Waals surface area contributed by atoms with Gasteiger partial charge in [-0.3, -0.25) is 4.79 Å². The number of halogens is 1. The Morgan fingerprint density at radius 2 is 2.19 bits per heavy atom. The number of aryl methyl sites for hydroxylation is 1. The summed E-state index contributed by atoms with van der Waals surface area (Å²) in [5.41, 5.74) is 2.50. The van der Waals surface area contributed by atoms with E-state index in [1.807, 2.05) is 6.92 Å². The van der Waals surface area contributed by atoms with Gasteiger partial charge < -0.3 is 10.4 Å². The molecule has 0 aliphatic rings. The van der Waals surface area contributed by atoms with Crippen molar-refractivity contribution >= 4 is 23.2 Å². The first-order chi connectivity index (χ1) is 10.1. The fraction of sp³-hybridized carbons (Fsp3) is 0.125. The molecule has 0 aliphatic carbocycles. The summed E-state index contributed by atoms with van der Waals surface area (Å²) < 4.78 is 0. The molecule has 1 amide bonds. The number of carbonyl (C=O) groups is 1. The lowest BCUT2D eigenvalue weighted by molar-refractivity contribution is 0.102. The van der Waals surface area contributed by atoms with Crippen molar-refractivity contribution in [2.75, 3.05) is 11.9 Å². The zero-order valence-electron chi connectivity index (χ0n) is 11.4. The molecule has 1 heterocycles. The highest BCUT2D eigenvalue weighted by molar-refractivity contribution is 6.30. The molecule has 0 saturated carbocycles. The average molecular weight is 301 g/mol. The topological polar surface area (TPSA) is 62.2 Å². The lowest BCUT2D eigenvalue weighted by Gasteiger charge is -2.08. The molecule has 0 saturated heterocycles. The first kappa shape index (κ1) is 15.0. The third kappa shape index (κ3) is 4.06. The molecule has 4 nitrogen and oxygen atoms in total. The van der Waals surface area contributed by atoms with Crippen molar-refractivity contribution in [1.82, 2.24) is 4.98 Å². The summed E-state index contributed by atoms with van der Waals surface area (Å²) in [5.74, 6) is 4.93. The van der Waals surface area contributed by atoms with Gasteiger partial charge in [0.1, 0.15) is 12.3 Å². The number of rotatable bonds is 2. The molecular formula is C16H13ClN2O2. The van der Waals surface area contributed by atoms with Gasteiger partial charge in [0.05, 0.1) is 0 Å².